The zero-order valence-electron chi connectivity index (χ0n) is 32.3. The largest absolute Gasteiger partial charge is 0.456 e. The molecule has 3 heterocycles. The fourth-order valence-electron chi connectivity index (χ4n) is 8.80. The van der Waals surface area contributed by atoms with Crippen LogP contribution in [0.4, 0.5) is 0 Å². The second-order valence-electron chi connectivity index (χ2n) is 15.2. The van der Waals surface area contributed by atoms with E-state index in [1.165, 1.54) is 10.8 Å². The first-order chi connectivity index (χ1) is 29.7. The van der Waals surface area contributed by atoms with E-state index in [1.807, 2.05) is 36.4 Å². The van der Waals surface area contributed by atoms with Crippen LogP contribution in [-0.2, 0) is 0 Å². The van der Waals surface area contributed by atoms with Crippen molar-refractivity contribution < 1.29 is 4.42 Å². The predicted octanol–water partition coefficient (Wildman–Crippen LogP) is 14.4. The molecule has 0 N–H and O–H groups in total. The summed E-state index contributed by atoms with van der Waals surface area (Å²) in [4.78, 5) is 15.7. The van der Waals surface area contributed by atoms with Crippen molar-refractivity contribution in [2.75, 3.05) is 0 Å². The normalized spacial score (nSPS) is 11.7. The number of hydrogen-bond donors (Lipinski definition) is 0. The Kier molecular flexibility index (Phi) is 7.78. The number of furan rings is 1. The SMILES string of the molecule is c1ccc(-c2ccc(-c3nc(-c4ccccc4)nc(-n4c5ccc6ccccc6c5c5cccc(-c6cccc(-c7ccc8oc9ccccc9c8c7)c6)c54)n3)cc2)cc1. The van der Waals surface area contributed by atoms with Gasteiger partial charge in [-0.1, -0.05) is 176 Å². The lowest BCUT2D eigenvalue weighted by molar-refractivity contribution is 0.669. The van der Waals surface area contributed by atoms with Crippen molar-refractivity contribution in [2.24, 2.45) is 0 Å². The highest BCUT2D eigenvalue weighted by molar-refractivity contribution is 6.23. The number of hydrogen-bond acceptors (Lipinski definition) is 4. The minimum absolute atomic E-state index is 0.558. The van der Waals surface area contributed by atoms with Crippen LogP contribution in [0.15, 0.2) is 211 Å². The average molecular weight is 767 g/mol. The van der Waals surface area contributed by atoms with Crippen LogP contribution < -0.4 is 0 Å². The molecule has 0 bridgehead atoms. The van der Waals surface area contributed by atoms with E-state index in [9.17, 15) is 0 Å². The first-order valence-corrected chi connectivity index (χ1v) is 20.2. The van der Waals surface area contributed by atoms with Crippen LogP contribution >= 0.6 is 0 Å². The Labute approximate surface area is 345 Å². The van der Waals surface area contributed by atoms with Crippen molar-refractivity contribution >= 4 is 54.5 Å². The van der Waals surface area contributed by atoms with Crippen LogP contribution in [0.25, 0.3) is 117 Å². The lowest BCUT2D eigenvalue weighted by Gasteiger charge is -2.14. The molecule has 5 heteroatoms. The van der Waals surface area contributed by atoms with Gasteiger partial charge < -0.3 is 4.42 Å². The Balaban J connectivity index is 1.10. The highest BCUT2D eigenvalue weighted by atomic mass is 16.3. The molecular weight excluding hydrogens is 733 g/mol. The van der Waals surface area contributed by atoms with Gasteiger partial charge in [0.15, 0.2) is 11.6 Å². The molecule has 3 aromatic heterocycles. The van der Waals surface area contributed by atoms with Gasteiger partial charge in [0.2, 0.25) is 5.95 Å². The van der Waals surface area contributed by atoms with Crippen LogP contribution in [0, 0.1) is 0 Å². The fraction of sp³-hybridized carbons (Fsp3) is 0. The van der Waals surface area contributed by atoms with Gasteiger partial charge >= 0.3 is 0 Å². The molecule has 0 saturated carbocycles. The van der Waals surface area contributed by atoms with Gasteiger partial charge in [0.25, 0.3) is 0 Å². The van der Waals surface area contributed by atoms with Gasteiger partial charge in [-0.05, 0) is 68.9 Å². The summed E-state index contributed by atoms with van der Waals surface area (Å²) in [7, 11) is 0. The number of para-hydroxylation sites is 2. The molecule has 0 amide bonds. The van der Waals surface area contributed by atoms with E-state index < -0.39 is 0 Å². The average Bonchev–Trinajstić information content (AvgIpc) is 3.88. The molecule has 60 heavy (non-hydrogen) atoms. The van der Waals surface area contributed by atoms with E-state index in [0.29, 0.717) is 17.6 Å². The fourth-order valence-corrected chi connectivity index (χ4v) is 8.80. The summed E-state index contributed by atoms with van der Waals surface area (Å²) >= 11 is 0. The van der Waals surface area contributed by atoms with Crippen molar-refractivity contribution in [3.63, 3.8) is 0 Å². The first kappa shape index (κ1) is 33.9. The molecular formula is C55H34N4O. The summed E-state index contributed by atoms with van der Waals surface area (Å²) in [5, 5.41) is 6.88. The molecule has 5 nitrogen and oxygen atoms in total. The van der Waals surface area contributed by atoms with Crippen molar-refractivity contribution in [2.45, 2.75) is 0 Å². The Bertz CT molecular complexity index is 3590. The van der Waals surface area contributed by atoms with Gasteiger partial charge in [-0.3, -0.25) is 4.57 Å². The van der Waals surface area contributed by atoms with E-state index in [-0.39, 0.29) is 0 Å². The van der Waals surface area contributed by atoms with Crippen LogP contribution in [0.5, 0.6) is 0 Å². The van der Waals surface area contributed by atoms with Crippen LogP contribution in [0.3, 0.4) is 0 Å². The van der Waals surface area contributed by atoms with Crippen molar-refractivity contribution in [3.8, 4) is 62.1 Å². The Morgan fingerprint density at radius 1 is 0.350 bits per heavy atom. The number of benzene rings is 9. The maximum absolute atomic E-state index is 6.18. The number of aromatic nitrogens is 4. The molecule has 0 atom stereocenters. The number of fused-ring (bicyclic) bond motifs is 8. The molecule has 0 fully saturated rings. The zero-order valence-corrected chi connectivity index (χ0v) is 32.3. The molecule has 9 aromatic carbocycles. The summed E-state index contributed by atoms with van der Waals surface area (Å²) < 4.78 is 8.43. The Morgan fingerprint density at radius 3 is 1.73 bits per heavy atom. The second-order valence-corrected chi connectivity index (χ2v) is 15.2. The van der Waals surface area contributed by atoms with E-state index in [4.69, 9.17) is 19.4 Å². The second kappa shape index (κ2) is 13.8. The van der Waals surface area contributed by atoms with Crippen molar-refractivity contribution in [1.82, 2.24) is 19.5 Å². The smallest absolute Gasteiger partial charge is 0.238 e. The molecule has 12 rings (SSSR count). The summed E-state index contributed by atoms with van der Waals surface area (Å²) in [6.07, 6.45) is 0. The minimum atomic E-state index is 0.558. The third-order valence-corrected chi connectivity index (χ3v) is 11.7. The zero-order chi connectivity index (χ0) is 39.6. The van der Waals surface area contributed by atoms with E-state index in [2.05, 4.69) is 174 Å². The third kappa shape index (κ3) is 5.59. The maximum atomic E-state index is 6.18. The van der Waals surface area contributed by atoms with Crippen LogP contribution in [0.2, 0.25) is 0 Å². The van der Waals surface area contributed by atoms with E-state index in [0.717, 1.165) is 88.3 Å². The lowest BCUT2D eigenvalue weighted by atomic mass is 9.96. The molecule has 280 valence electrons. The summed E-state index contributed by atoms with van der Waals surface area (Å²) in [6, 6.07) is 72.3. The van der Waals surface area contributed by atoms with Crippen LogP contribution in [0.1, 0.15) is 0 Å². The summed E-state index contributed by atoms with van der Waals surface area (Å²) in [5.74, 6) is 1.78. The van der Waals surface area contributed by atoms with E-state index in [1.54, 1.807) is 0 Å². The molecule has 12 aromatic rings. The van der Waals surface area contributed by atoms with Gasteiger partial charge in [0, 0.05) is 38.2 Å². The highest BCUT2D eigenvalue weighted by Gasteiger charge is 2.22. The monoisotopic (exact) mass is 766 g/mol. The summed E-state index contributed by atoms with van der Waals surface area (Å²) in [5.41, 5.74) is 12.4. The number of rotatable bonds is 6. The van der Waals surface area contributed by atoms with E-state index >= 15 is 0 Å². The Hall–Kier alpha value is -8.15. The highest BCUT2D eigenvalue weighted by Crippen LogP contribution is 2.42. The lowest BCUT2D eigenvalue weighted by Crippen LogP contribution is -2.07. The van der Waals surface area contributed by atoms with Gasteiger partial charge in [-0.15, -0.1) is 0 Å². The summed E-state index contributed by atoms with van der Waals surface area (Å²) in [6.45, 7) is 0. The molecule has 0 unspecified atom stereocenters. The molecule has 0 aliphatic heterocycles. The molecule has 0 spiro atoms. The molecule has 0 aliphatic rings. The van der Waals surface area contributed by atoms with Gasteiger partial charge in [-0.25, -0.2) is 4.98 Å². The quantitative estimate of drug-likeness (QED) is 0.169. The van der Waals surface area contributed by atoms with Crippen LogP contribution in [-0.4, -0.2) is 19.5 Å². The van der Waals surface area contributed by atoms with Crippen molar-refractivity contribution in [1.29, 1.82) is 0 Å². The molecule has 0 aliphatic carbocycles. The minimum Gasteiger partial charge on any atom is -0.456 e. The van der Waals surface area contributed by atoms with Gasteiger partial charge in [-0.2, -0.15) is 9.97 Å². The molecule has 0 saturated heterocycles. The maximum Gasteiger partial charge on any atom is 0.238 e. The Morgan fingerprint density at radius 2 is 0.917 bits per heavy atom. The topological polar surface area (TPSA) is 56.7 Å². The standard InChI is InChI=1S/C55H34N4O/c1-3-13-35(14-4-1)36-25-27-39(28-26-36)54-56-53(38-16-5-2-6-17-38)57-55(58-54)59-48-31-29-37-15-7-8-20-43(37)51(48)46-23-12-22-44(52(46)59)42-19-11-18-40(33-42)41-30-32-50-47(34-41)45-21-9-10-24-49(45)60-50/h1-34H. The predicted molar refractivity (Wildman–Crippen MR) is 246 cm³/mol. The first-order valence-electron chi connectivity index (χ1n) is 20.2. The number of nitrogens with zero attached hydrogens (tertiary/aromatic N) is 4. The molecule has 0 radical (unpaired) electrons. The van der Waals surface area contributed by atoms with Gasteiger partial charge in [0.1, 0.15) is 11.2 Å². The van der Waals surface area contributed by atoms with Gasteiger partial charge in [0.05, 0.1) is 11.0 Å². The van der Waals surface area contributed by atoms with Crippen molar-refractivity contribution in [3.05, 3.63) is 206 Å². The third-order valence-electron chi connectivity index (χ3n) is 11.7.